The molecule has 0 fully saturated rings. The number of rotatable bonds is 4. The molecule has 132 valence electrons. The fraction of sp³-hybridized carbons (Fsp3) is 0.100. The molecular formula is C20H17BrFN3O. The number of nitrogens with zero attached hydrogens (tertiary/aromatic N) is 2. The number of hydrogen-bond acceptors (Lipinski definition) is 2. The van der Waals surface area contributed by atoms with E-state index in [9.17, 15) is 9.18 Å². The SMILES string of the molecule is Cc1nn(-c2ccccc2)c(C)c1/C=C/C(=O)Nc1ccc(F)cc1Br. The van der Waals surface area contributed by atoms with Gasteiger partial charge in [-0.2, -0.15) is 5.10 Å². The Morgan fingerprint density at radius 2 is 1.92 bits per heavy atom. The van der Waals surface area contributed by atoms with Crippen LogP contribution in [0, 0.1) is 19.7 Å². The van der Waals surface area contributed by atoms with Crippen molar-refractivity contribution in [1.82, 2.24) is 9.78 Å². The number of nitrogens with one attached hydrogen (secondary N) is 1. The molecule has 1 N–H and O–H groups in total. The summed E-state index contributed by atoms with van der Waals surface area (Å²) < 4.78 is 15.5. The van der Waals surface area contributed by atoms with E-state index >= 15 is 0 Å². The van der Waals surface area contributed by atoms with E-state index < -0.39 is 0 Å². The van der Waals surface area contributed by atoms with Crippen LogP contribution in [-0.2, 0) is 4.79 Å². The molecule has 0 radical (unpaired) electrons. The fourth-order valence-electron chi connectivity index (χ4n) is 2.64. The summed E-state index contributed by atoms with van der Waals surface area (Å²) in [6.07, 6.45) is 3.19. The molecule has 1 heterocycles. The van der Waals surface area contributed by atoms with E-state index in [4.69, 9.17) is 0 Å². The maximum atomic E-state index is 13.1. The number of hydrogen-bond donors (Lipinski definition) is 1. The number of para-hydroxylation sites is 1. The second-order valence-corrected chi connectivity index (χ2v) is 6.63. The van der Waals surface area contributed by atoms with Crippen molar-refractivity contribution in [3.05, 3.63) is 81.8 Å². The standard InChI is InChI=1S/C20H17BrFN3O/c1-13-17(14(2)25(24-13)16-6-4-3-5-7-16)9-11-20(26)23-19-10-8-15(22)12-18(19)21/h3-12H,1-2H3,(H,23,26)/b11-9+. The van der Waals surface area contributed by atoms with Gasteiger partial charge in [-0.1, -0.05) is 18.2 Å². The van der Waals surface area contributed by atoms with Gasteiger partial charge in [-0.05, 0) is 66.2 Å². The van der Waals surface area contributed by atoms with E-state index in [1.807, 2.05) is 48.9 Å². The largest absolute Gasteiger partial charge is 0.321 e. The first-order valence-electron chi connectivity index (χ1n) is 8.01. The number of benzene rings is 2. The number of anilines is 1. The Bertz CT molecular complexity index is 980. The van der Waals surface area contributed by atoms with Crippen LogP contribution in [0.1, 0.15) is 17.0 Å². The van der Waals surface area contributed by atoms with Crippen LogP contribution < -0.4 is 5.32 Å². The Hall–Kier alpha value is -2.73. The summed E-state index contributed by atoms with van der Waals surface area (Å²) in [7, 11) is 0. The highest BCUT2D eigenvalue weighted by Crippen LogP contribution is 2.23. The molecule has 1 aromatic heterocycles. The zero-order valence-electron chi connectivity index (χ0n) is 14.3. The Morgan fingerprint density at radius 1 is 1.19 bits per heavy atom. The van der Waals surface area contributed by atoms with Gasteiger partial charge in [0.15, 0.2) is 0 Å². The van der Waals surface area contributed by atoms with Crippen LogP contribution in [-0.4, -0.2) is 15.7 Å². The van der Waals surface area contributed by atoms with Crippen LogP contribution in [0.4, 0.5) is 10.1 Å². The van der Waals surface area contributed by atoms with Gasteiger partial charge in [-0.3, -0.25) is 4.79 Å². The monoisotopic (exact) mass is 413 g/mol. The predicted molar refractivity (Wildman–Crippen MR) is 105 cm³/mol. The van der Waals surface area contributed by atoms with Gasteiger partial charge in [0.2, 0.25) is 5.91 Å². The molecule has 0 atom stereocenters. The molecule has 0 bridgehead atoms. The molecule has 6 heteroatoms. The van der Waals surface area contributed by atoms with Crippen molar-refractivity contribution in [2.45, 2.75) is 13.8 Å². The summed E-state index contributed by atoms with van der Waals surface area (Å²) in [5.41, 5.74) is 4.14. The molecule has 1 amide bonds. The van der Waals surface area contributed by atoms with Gasteiger partial charge in [0.25, 0.3) is 0 Å². The Morgan fingerprint density at radius 3 is 2.62 bits per heavy atom. The van der Waals surface area contributed by atoms with E-state index in [1.165, 1.54) is 24.3 Å². The first-order valence-corrected chi connectivity index (χ1v) is 8.81. The molecule has 3 aromatic rings. The lowest BCUT2D eigenvalue weighted by molar-refractivity contribution is -0.111. The summed E-state index contributed by atoms with van der Waals surface area (Å²) in [5, 5.41) is 7.27. The highest BCUT2D eigenvalue weighted by Gasteiger charge is 2.11. The van der Waals surface area contributed by atoms with Crippen LogP contribution >= 0.6 is 15.9 Å². The van der Waals surface area contributed by atoms with Gasteiger partial charge in [-0.15, -0.1) is 0 Å². The lowest BCUT2D eigenvalue weighted by Crippen LogP contribution is -2.08. The predicted octanol–water partition coefficient (Wildman–Crippen LogP) is 5.04. The smallest absolute Gasteiger partial charge is 0.248 e. The molecule has 0 saturated heterocycles. The van der Waals surface area contributed by atoms with Gasteiger partial charge < -0.3 is 5.32 Å². The van der Waals surface area contributed by atoms with Gasteiger partial charge in [0, 0.05) is 21.8 Å². The first-order chi connectivity index (χ1) is 12.5. The number of aryl methyl sites for hydroxylation is 1. The molecule has 4 nitrogen and oxygen atoms in total. The summed E-state index contributed by atoms with van der Waals surface area (Å²) in [6, 6.07) is 13.9. The Labute approximate surface area is 159 Å². The van der Waals surface area contributed by atoms with Crippen molar-refractivity contribution in [2.24, 2.45) is 0 Å². The molecule has 26 heavy (non-hydrogen) atoms. The van der Waals surface area contributed by atoms with Crippen LogP contribution in [0.5, 0.6) is 0 Å². The number of carbonyl (C=O) groups is 1. The second kappa shape index (κ2) is 7.66. The minimum Gasteiger partial charge on any atom is -0.321 e. The van der Waals surface area contributed by atoms with Gasteiger partial charge >= 0.3 is 0 Å². The molecule has 3 rings (SSSR count). The average molecular weight is 414 g/mol. The third kappa shape index (κ3) is 3.91. The minimum atomic E-state index is -0.370. The quantitative estimate of drug-likeness (QED) is 0.608. The van der Waals surface area contributed by atoms with Crippen molar-refractivity contribution in [3.63, 3.8) is 0 Å². The molecule has 0 aliphatic rings. The van der Waals surface area contributed by atoms with Crippen LogP contribution in [0.15, 0.2) is 59.1 Å². The van der Waals surface area contributed by atoms with Gasteiger partial charge in [0.1, 0.15) is 5.82 Å². The van der Waals surface area contributed by atoms with Crippen molar-refractivity contribution in [3.8, 4) is 5.69 Å². The number of aromatic nitrogens is 2. The van der Waals surface area contributed by atoms with Crippen molar-refractivity contribution < 1.29 is 9.18 Å². The fourth-order valence-corrected chi connectivity index (χ4v) is 3.09. The summed E-state index contributed by atoms with van der Waals surface area (Å²) in [6.45, 7) is 3.86. The third-order valence-electron chi connectivity index (χ3n) is 3.94. The highest BCUT2D eigenvalue weighted by molar-refractivity contribution is 9.10. The van der Waals surface area contributed by atoms with Gasteiger partial charge in [0.05, 0.1) is 17.1 Å². The van der Waals surface area contributed by atoms with Crippen LogP contribution in [0.2, 0.25) is 0 Å². The maximum Gasteiger partial charge on any atom is 0.248 e. The second-order valence-electron chi connectivity index (χ2n) is 5.78. The highest BCUT2D eigenvalue weighted by atomic mass is 79.9. The molecule has 0 unspecified atom stereocenters. The zero-order chi connectivity index (χ0) is 18.7. The first kappa shape index (κ1) is 18.1. The number of carbonyl (C=O) groups excluding carboxylic acids is 1. The van der Waals surface area contributed by atoms with Crippen molar-refractivity contribution >= 4 is 33.6 Å². The third-order valence-corrected chi connectivity index (χ3v) is 4.59. The van der Waals surface area contributed by atoms with Crippen molar-refractivity contribution in [1.29, 1.82) is 0 Å². The summed E-state index contributed by atoms with van der Waals surface area (Å²) in [5.74, 6) is -0.673. The van der Waals surface area contributed by atoms with Crippen molar-refractivity contribution in [2.75, 3.05) is 5.32 Å². The van der Waals surface area contributed by atoms with E-state index in [1.54, 1.807) is 6.08 Å². The minimum absolute atomic E-state index is 0.302. The van der Waals surface area contributed by atoms with Crippen LogP contribution in [0.3, 0.4) is 0 Å². The summed E-state index contributed by atoms with van der Waals surface area (Å²) >= 11 is 3.23. The summed E-state index contributed by atoms with van der Waals surface area (Å²) in [4.78, 5) is 12.2. The zero-order valence-corrected chi connectivity index (χ0v) is 15.9. The lowest BCUT2D eigenvalue weighted by atomic mass is 10.2. The van der Waals surface area contributed by atoms with E-state index in [-0.39, 0.29) is 11.7 Å². The van der Waals surface area contributed by atoms with E-state index in [0.29, 0.717) is 10.2 Å². The normalized spacial score (nSPS) is 11.1. The number of amides is 1. The average Bonchev–Trinajstić information content (AvgIpc) is 2.90. The van der Waals surface area contributed by atoms with E-state index in [2.05, 4.69) is 26.3 Å². The Balaban J connectivity index is 1.80. The molecule has 0 spiro atoms. The van der Waals surface area contributed by atoms with E-state index in [0.717, 1.165) is 22.6 Å². The molecular weight excluding hydrogens is 397 g/mol. The van der Waals surface area contributed by atoms with Crippen LogP contribution in [0.25, 0.3) is 11.8 Å². The molecule has 0 saturated carbocycles. The number of halogens is 2. The Kier molecular flexibility index (Phi) is 5.32. The molecule has 2 aromatic carbocycles. The lowest BCUT2D eigenvalue weighted by Gasteiger charge is -2.05. The molecule has 0 aliphatic heterocycles. The maximum absolute atomic E-state index is 13.1. The topological polar surface area (TPSA) is 46.9 Å². The van der Waals surface area contributed by atoms with Gasteiger partial charge in [-0.25, -0.2) is 9.07 Å². The molecule has 0 aliphatic carbocycles.